The molecule has 124 valence electrons. The molecule has 3 aromatic rings. The fraction of sp³-hybridized carbons (Fsp3) is 0. The van der Waals surface area contributed by atoms with Crippen LogP contribution in [-0.2, 0) is 0 Å². The number of aromatic amines is 1. The first-order valence-electron chi connectivity index (χ1n) is 7.29. The number of allylic oxidation sites excluding steroid dienone is 1. The smallest absolute Gasteiger partial charge is 0.148 e. The third-order valence-corrected chi connectivity index (χ3v) is 3.83. The van der Waals surface area contributed by atoms with Crippen LogP contribution in [0, 0.1) is 11.2 Å². The second kappa shape index (κ2) is 7.19. The number of nitrogens with zero attached hydrogens (tertiary/aromatic N) is 3. The molecule has 2 heterocycles. The zero-order chi connectivity index (χ0) is 17.8. The molecule has 0 fully saturated rings. The van der Waals surface area contributed by atoms with Crippen LogP contribution in [0.1, 0.15) is 17.0 Å². The lowest BCUT2D eigenvalue weighted by molar-refractivity contribution is 0.630. The molecule has 2 aromatic heterocycles. The van der Waals surface area contributed by atoms with Gasteiger partial charge in [-0.05, 0) is 42.0 Å². The van der Waals surface area contributed by atoms with Gasteiger partial charge in [0.05, 0.1) is 11.4 Å². The van der Waals surface area contributed by atoms with E-state index in [1.54, 1.807) is 30.5 Å². The van der Waals surface area contributed by atoms with Crippen LogP contribution in [-0.4, -0.2) is 25.9 Å². The van der Waals surface area contributed by atoms with E-state index < -0.39 is 5.82 Å². The van der Waals surface area contributed by atoms with Crippen LogP contribution >= 0.6 is 11.6 Å². The second-order valence-corrected chi connectivity index (χ2v) is 5.48. The number of rotatable bonds is 5. The van der Waals surface area contributed by atoms with Gasteiger partial charge in [-0.3, -0.25) is 10.1 Å². The van der Waals surface area contributed by atoms with Gasteiger partial charge in [-0.2, -0.15) is 5.10 Å². The lowest BCUT2D eigenvalue weighted by Crippen LogP contribution is -2.01. The minimum atomic E-state index is -0.480. The second-order valence-electron chi connectivity index (χ2n) is 5.07. The number of benzene rings is 1. The third-order valence-electron chi connectivity index (χ3n) is 3.50. The Hall–Kier alpha value is -3.12. The van der Waals surface area contributed by atoms with Crippen molar-refractivity contribution in [1.29, 1.82) is 5.41 Å². The van der Waals surface area contributed by atoms with Gasteiger partial charge in [0.1, 0.15) is 18.0 Å². The molecular formula is C18H13ClFN5. The summed E-state index contributed by atoms with van der Waals surface area (Å²) in [5.74, 6) is 0.0333. The first-order chi connectivity index (χ1) is 12.1. The van der Waals surface area contributed by atoms with E-state index in [-0.39, 0.29) is 11.3 Å². The fourth-order valence-corrected chi connectivity index (χ4v) is 2.53. The monoisotopic (exact) mass is 353 g/mol. The molecule has 2 N–H and O–H groups in total. The summed E-state index contributed by atoms with van der Waals surface area (Å²) in [4.78, 5) is 8.19. The number of hydrogen-bond donors (Lipinski definition) is 2. The molecule has 1 aromatic carbocycles. The van der Waals surface area contributed by atoms with Crippen LogP contribution in [0.3, 0.4) is 0 Å². The highest BCUT2D eigenvalue weighted by Gasteiger charge is 2.15. The van der Waals surface area contributed by atoms with Gasteiger partial charge in [0.25, 0.3) is 0 Å². The molecule has 0 unspecified atom stereocenters. The Kier molecular flexibility index (Phi) is 4.81. The minimum absolute atomic E-state index is 0.155. The summed E-state index contributed by atoms with van der Waals surface area (Å²) in [5, 5.41) is 15.0. The summed E-state index contributed by atoms with van der Waals surface area (Å²) in [7, 11) is 0. The molecule has 0 atom stereocenters. The Labute approximate surface area is 148 Å². The summed E-state index contributed by atoms with van der Waals surface area (Å²) in [6.07, 6.45) is 7.55. The number of pyridine rings is 1. The van der Waals surface area contributed by atoms with Crippen molar-refractivity contribution in [2.45, 2.75) is 0 Å². The van der Waals surface area contributed by atoms with Crippen LogP contribution < -0.4 is 0 Å². The van der Waals surface area contributed by atoms with Crippen molar-refractivity contribution in [3.8, 4) is 11.3 Å². The number of hydrogen-bond acceptors (Lipinski definition) is 4. The number of halogens is 2. The summed E-state index contributed by atoms with van der Waals surface area (Å²) in [6, 6.07) is 6.18. The van der Waals surface area contributed by atoms with Crippen molar-refractivity contribution >= 4 is 29.5 Å². The normalized spacial score (nSPS) is 11.0. The molecule has 25 heavy (non-hydrogen) atoms. The molecular weight excluding hydrogens is 341 g/mol. The van der Waals surface area contributed by atoms with E-state index in [4.69, 9.17) is 17.0 Å². The molecule has 0 saturated heterocycles. The SMILES string of the molecule is C=Cc1cc(F)c(-c2ncccc2C(=N)/C=C\c2ncn[nH]2)cc1Cl. The molecule has 0 bridgehead atoms. The predicted molar refractivity (Wildman–Crippen MR) is 97.0 cm³/mol. The zero-order valence-electron chi connectivity index (χ0n) is 13.0. The van der Waals surface area contributed by atoms with E-state index in [2.05, 4.69) is 26.7 Å². The highest BCUT2D eigenvalue weighted by atomic mass is 35.5. The van der Waals surface area contributed by atoms with Crippen molar-refractivity contribution in [2.75, 3.05) is 0 Å². The van der Waals surface area contributed by atoms with E-state index in [1.807, 2.05) is 0 Å². The van der Waals surface area contributed by atoms with E-state index in [0.717, 1.165) is 0 Å². The predicted octanol–water partition coefficient (Wildman–Crippen LogP) is 4.38. The van der Waals surface area contributed by atoms with Crippen molar-refractivity contribution in [1.82, 2.24) is 20.2 Å². The molecule has 7 heteroatoms. The first kappa shape index (κ1) is 16.7. The van der Waals surface area contributed by atoms with E-state index in [0.29, 0.717) is 27.7 Å². The lowest BCUT2D eigenvalue weighted by atomic mass is 10.00. The molecule has 3 rings (SSSR count). The maximum Gasteiger partial charge on any atom is 0.148 e. The maximum atomic E-state index is 14.5. The van der Waals surface area contributed by atoms with Crippen molar-refractivity contribution in [2.24, 2.45) is 0 Å². The molecule has 0 spiro atoms. The maximum absolute atomic E-state index is 14.5. The zero-order valence-corrected chi connectivity index (χ0v) is 13.8. The highest BCUT2D eigenvalue weighted by Crippen LogP contribution is 2.30. The van der Waals surface area contributed by atoms with Gasteiger partial charge in [-0.1, -0.05) is 24.3 Å². The molecule has 0 aliphatic carbocycles. The summed E-state index contributed by atoms with van der Waals surface area (Å²) >= 11 is 6.16. The van der Waals surface area contributed by atoms with Crippen LogP contribution in [0.5, 0.6) is 0 Å². The number of aromatic nitrogens is 4. The van der Waals surface area contributed by atoms with Crippen LogP contribution in [0.2, 0.25) is 5.02 Å². The van der Waals surface area contributed by atoms with E-state index in [9.17, 15) is 4.39 Å². The van der Waals surface area contributed by atoms with Crippen LogP contribution in [0.15, 0.2) is 49.4 Å². The molecule has 0 aliphatic heterocycles. The largest absolute Gasteiger partial charge is 0.300 e. The van der Waals surface area contributed by atoms with Gasteiger partial charge in [-0.25, -0.2) is 9.37 Å². The van der Waals surface area contributed by atoms with Gasteiger partial charge in [-0.15, -0.1) is 0 Å². The Morgan fingerprint density at radius 2 is 2.16 bits per heavy atom. The number of H-pyrrole nitrogens is 1. The molecule has 0 saturated carbocycles. The Morgan fingerprint density at radius 1 is 1.32 bits per heavy atom. The van der Waals surface area contributed by atoms with Gasteiger partial charge in [0.2, 0.25) is 0 Å². The summed E-state index contributed by atoms with van der Waals surface area (Å²) in [5.41, 5.74) is 1.69. The van der Waals surface area contributed by atoms with Gasteiger partial charge >= 0.3 is 0 Å². The molecule has 5 nitrogen and oxygen atoms in total. The summed E-state index contributed by atoms with van der Waals surface area (Å²) in [6.45, 7) is 3.61. The topological polar surface area (TPSA) is 78.3 Å². The van der Waals surface area contributed by atoms with Crippen molar-refractivity contribution in [3.05, 3.63) is 77.2 Å². The van der Waals surface area contributed by atoms with Gasteiger partial charge < -0.3 is 5.41 Å². The quantitative estimate of drug-likeness (QED) is 0.668. The van der Waals surface area contributed by atoms with E-state index >= 15 is 0 Å². The highest BCUT2D eigenvalue weighted by molar-refractivity contribution is 6.32. The number of nitrogens with one attached hydrogen (secondary N) is 2. The summed E-state index contributed by atoms with van der Waals surface area (Å²) < 4.78 is 14.5. The Balaban J connectivity index is 2.03. The van der Waals surface area contributed by atoms with Crippen LogP contribution in [0.4, 0.5) is 4.39 Å². The molecule has 0 amide bonds. The minimum Gasteiger partial charge on any atom is -0.300 e. The Bertz CT molecular complexity index is 964. The average Bonchev–Trinajstić information content (AvgIpc) is 3.15. The van der Waals surface area contributed by atoms with E-state index in [1.165, 1.54) is 24.5 Å². The lowest BCUT2D eigenvalue weighted by Gasteiger charge is -2.10. The first-order valence-corrected chi connectivity index (χ1v) is 7.67. The average molecular weight is 354 g/mol. The van der Waals surface area contributed by atoms with Gasteiger partial charge in [0.15, 0.2) is 0 Å². The van der Waals surface area contributed by atoms with Crippen molar-refractivity contribution in [3.63, 3.8) is 0 Å². The Morgan fingerprint density at radius 3 is 2.88 bits per heavy atom. The van der Waals surface area contributed by atoms with Crippen LogP contribution in [0.25, 0.3) is 23.4 Å². The standard InChI is InChI=1S/C18H13ClFN5/c1-2-11-8-15(20)13(9-14(11)19)18-12(4-3-7-22-18)16(21)5-6-17-23-10-24-25-17/h2-10,21H,1H2,(H,23,24,25)/b6-5-,21-16?. The fourth-order valence-electron chi connectivity index (χ4n) is 2.28. The van der Waals surface area contributed by atoms with Crippen molar-refractivity contribution < 1.29 is 4.39 Å². The third kappa shape index (κ3) is 3.54. The molecule has 0 radical (unpaired) electrons. The molecule has 0 aliphatic rings. The van der Waals surface area contributed by atoms with Gasteiger partial charge in [0, 0.05) is 22.3 Å².